The van der Waals surface area contributed by atoms with Crippen LogP contribution in [0.5, 0.6) is 0 Å². The molecule has 0 aliphatic carbocycles. The maximum Gasteiger partial charge on any atom is 0.407 e. The zero-order valence-corrected chi connectivity index (χ0v) is 18.9. The molecule has 0 radical (unpaired) electrons. The first-order chi connectivity index (χ1) is 11.9. The second kappa shape index (κ2) is 14.3. The molecule has 1 rings (SSSR count). The summed E-state index contributed by atoms with van der Waals surface area (Å²) in [5, 5.41) is 9.16. The number of unbranched alkanes of at least 4 members (excludes halogenated alkanes) is 1. The maximum atomic E-state index is 11.5. The molecule has 0 unspecified atom stereocenters. The average molecular weight is 485 g/mol. The summed E-state index contributed by atoms with van der Waals surface area (Å²) in [7, 11) is 1.74. The first-order valence-corrected chi connectivity index (χ1v) is 9.12. The Morgan fingerprint density at radius 3 is 2.31 bits per heavy atom. The van der Waals surface area contributed by atoms with Crippen LogP contribution >= 0.6 is 24.0 Å². The van der Waals surface area contributed by atoms with E-state index in [-0.39, 0.29) is 24.0 Å². The fourth-order valence-electron chi connectivity index (χ4n) is 2.37. The van der Waals surface area contributed by atoms with Gasteiger partial charge in [0.05, 0.1) is 13.2 Å². The molecule has 26 heavy (non-hydrogen) atoms. The van der Waals surface area contributed by atoms with Crippen molar-refractivity contribution in [2.24, 2.45) is 4.99 Å². The van der Waals surface area contributed by atoms with E-state index in [1.54, 1.807) is 7.05 Å². The lowest BCUT2D eigenvalue weighted by Crippen LogP contribution is -2.42. The Hall–Kier alpha value is -0.810. The van der Waals surface area contributed by atoms with E-state index in [9.17, 15) is 4.79 Å². The molecular weight excluding hydrogens is 449 g/mol. The van der Waals surface area contributed by atoms with Gasteiger partial charge in [-0.3, -0.25) is 9.89 Å². The van der Waals surface area contributed by atoms with Crippen LogP contribution in [-0.2, 0) is 9.47 Å². The summed E-state index contributed by atoms with van der Waals surface area (Å²) in [6.07, 6.45) is 1.85. The number of carbonyl (C=O) groups excluding carboxylic acids is 1. The number of carbonyl (C=O) groups is 1. The summed E-state index contributed by atoms with van der Waals surface area (Å²) in [5.41, 5.74) is -0.476. The number of guanidine groups is 1. The van der Waals surface area contributed by atoms with Crippen molar-refractivity contribution in [2.45, 2.75) is 39.2 Å². The van der Waals surface area contributed by atoms with Crippen LogP contribution in [-0.4, -0.2) is 82.1 Å². The SMILES string of the molecule is CN=C(NCCCCN1CCOCC1)NCCNC(=O)OC(C)(C)C.I. The van der Waals surface area contributed by atoms with E-state index in [0.29, 0.717) is 13.1 Å². The first-order valence-electron chi connectivity index (χ1n) is 9.12. The number of rotatable bonds is 8. The highest BCUT2D eigenvalue weighted by atomic mass is 127. The van der Waals surface area contributed by atoms with Crippen LogP contribution in [0.15, 0.2) is 4.99 Å². The van der Waals surface area contributed by atoms with E-state index >= 15 is 0 Å². The molecule has 0 aromatic carbocycles. The highest BCUT2D eigenvalue weighted by Crippen LogP contribution is 2.06. The van der Waals surface area contributed by atoms with E-state index in [1.165, 1.54) is 0 Å². The molecule has 0 aromatic heterocycles. The van der Waals surface area contributed by atoms with Crippen molar-refractivity contribution in [3.05, 3.63) is 0 Å². The smallest absolute Gasteiger partial charge is 0.407 e. The zero-order chi connectivity index (χ0) is 18.5. The van der Waals surface area contributed by atoms with Crippen molar-refractivity contribution in [1.29, 1.82) is 0 Å². The molecule has 1 fully saturated rings. The topological polar surface area (TPSA) is 87.2 Å². The summed E-state index contributed by atoms with van der Waals surface area (Å²) in [6.45, 7) is 12.4. The van der Waals surface area contributed by atoms with Gasteiger partial charge in [-0.2, -0.15) is 0 Å². The molecule has 1 saturated heterocycles. The molecule has 0 saturated carbocycles. The fraction of sp³-hybridized carbons (Fsp3) is 0.882. The first kappa shape index (κ1) is 25.2. The van der Waals surface area contributed by atoms with Gasteiger partial charge in [0.2, 0.25) is 0 Å². The molecule has 8 nitrogen and oxygen atoms in total. The molecule has 0 spiro atoms. The molecule has 1 heterocycles. The number of morpholine rings is 1. The Morgan fingerprint density at radius 1 is 1.08 bits per heavy atom. The Kier molecular flexibility index (Phi) is 13.8. The minimum atomic E-state index is -0.476. The number of ether oxygens (including phenoxy) is 2. The van der Waals surface area contributed by atoms with Crippen LogP contribution in [0.4, 0.5) is 4.79 Å². The molecule has 0 atom stereocenters. The highest BCUT2D eigenvalue weighted by Gasteiger charge is 2.15. The van der Waals surface area contributed by atoms with Crippen LogP contribution in [0.1, 0.15) is 33.6 Å². The van der Waals surface area contributed by atoms with Gasteiger partial charge in [0.15, 0.2) is 5.96 Å². The molecule has 1 aliphatic rings. The van der Waals surface area contributed by atoms with Crippen molar-refractivity contribution in [1.82, 2.24) is 20.9 Å². The average Bonchev–Trinajstić information content (AvgIpc) is 2.55. The molecular formula is C17H36IN5O3. The van der Waals surface area contributed by atoms with Crippen LogP contribution in [0.3, 0.4) is 0 Å². The number of aliphatic imine (C=N–C) groups is 1. The Labute approximate surface area is 174 Å². The number of nitrogens with one attached hydrogen (secondary N) is 3. The minimum Gasteiger partial charge on any atom is -0.444 e. The van der Waals surface area contributed by atoms with Gasteiger partial charge in [0.25, 0.3) is 0 Å². The summed E-state index contributed by atoms with van der Waals surface area (Å²) in [5.74, 6) is 0.748. The normalized spacial score (nSPS) is 15.8. The number of hydrogen-bond donors (Lipinski definition) is 3. The van der Waals surface area contributed by atoms with Gasteiger partial charge in [0.1, 0.15) is 5.60 Å². The standard InChI is InChI=1S/C17H35N5O3.HI/c1-17(2,3)25-16(23)21-9-8-20-15(18-4)19-7-5-6-10-22-11-13-24-14-12-22;/h5-14H2,1-4H3,(H,21,23)(H2,18,19,20);1H. The predicted octanol–water partition coefficient (Wildman–Crippen LogP) is 1.41. The largest absolute Gasteiger partial charge is 0.444 e. The molecule has 3 N–H and O–H groups in total. The molecule has 0 bridgehead atoms. The second-order valence-electron chi connectivity index (χ2n) is 7.02. The molecule has 1 aliphatic heterocycles. The van der Waals surface area contributed by atoms with Gasteiger partial charge < -0.3 is 25.4 Å². The summed E-state index contributed by atoms with van der Waals surface area (Å²) >= 11 is 0. The van der Waals surface area contributed by atoms with Crippen molar-refractivity contribution in [2.75, 3.05) is 59.5 Å². The molecule has 0 aromatic rings. The van der Waals surface area contributed by atoms with Crippen molar-refractivity contribution < 1.29 is 14.3 Å². The van der Waals surface area contributed by atoms with Crippen molar-refractivity contribution in [3.8, 4) is 0 Å². The summed E-state index contributed by atoms with van der Waals surface area (Å²) in [6, 6.07) is 0. The van der Waals surface area contributed by atoms with E-state index in [1.807, 2.05) is 20.8 Å². The molecule has 1 amide bonds. The van der Waals surface area contributed by atoms with Gasteiger partial charge >= 0.3 is 6.09 Å². The zero-order valence-electron chi connectivity index (χ0n) is 16.6. The van der Waals surface area contributed by atoms with Crippen molar-refractivity contribution >= 4 is 36.0 Å². The van der Waals surface area contributed by atoms with E-state index < -0.39 is 11.7 Å². The van der Waals surface area contributed by atoms with E-state index in [2.05, 4.69) is 25.8 Å². The third-order valence-corrected chi connectivity index (χ3v) is 3.61. The quantitative estimate of drug-likeness (QED) is 0.209. The molecule has 9 heteroatoms. The maximum absolute atomic E-state index is 11.5. The monoisotopic (exact) mass is 485 g/mol. The fourth-order valence-corrected chi connectivity index (χ4v) is 2.37. The predicted molar refractivity (Wildman–Crippen MR) is 116 cm³/mol. The lowest BCUT2D eigenvalue weighted by molar-refractivity contribution is 0.0372. The van der Waals surface area contributed by atoms with Crippen LogP contribution in [0.2, 0.25) is 0 Å². The highest BCUT2D eigenvalue weighted by molar-refractivity contribution is 14.0. The van der Waals surface area contributed by atoms with Gasteiger partial charge in [-0.25, -0.2) is 4.79 Å². The van der Waals surface area contributed by atoms with Gasteiger partial charge in [0, 0.05) is 39.8 Å². The lowest BCUT2D eigenvalue weighted by Gasteiger charge is -2.26. The summed E-state index contributed by atoms with van der Waals surface area (Å²) in [4.78, 5) is 18.1. The van der Waals surface area contributed by atoms with Crippen molar-refractivity contribution in [3.63, 3.8) is 0 Å². The number of hydrogen-bond acceptors (Lipinski definition) is 5. The third kappa shape index (κ3) is 13.4. The van der Waals surface area contributed by atoms with Gasteiger partial charge in [-0.05, 0) is 40.2 Å². The van der Waals surface area contributed by atoms with Gasteiger partial charge in [-0.15, -0.1) is 24.0 Å². The number of amides is 1. The van der Waals surface area contributed by atoms with E-state index in [4.69, 9.17) is 9.47 Å². The van der Waals surface area contributed by atoms with Gasteiger partial charge in [-0.1, -0.05) is 0 Å². The number of halogens is 1. The van der Waals surface area contributed by atoms with Crippen LogP contribution < -0.4 is 16.0 Å². The van der Waals surface area contributed by atoms with Crippen LogP contribution in [0, 0.1) is 0 Å². The van der Waals surface area contributed by atoms with Crippen LogP contribution in [0.25, 0.3) is 0 Å². The second-order valence-corrected chi connectivity index (χ2v) is 7.02. The lowest BCUT2D eigenvalue weighted by atomic mass is 10.2. The number of alkyl carbamates (subject to hydrolysis) is 1. The molecule has 154 valence electrons. The van der Waals surface area contributed by atoms with E-state index in [0.717, 1.165) is 58.2 Å². The third-order valence-electron chi connectivity index (χ3n) is 3.61. The Morgan fingerprint density at radius 2 is 1.69 bits per heavy atom. The Bertz CT molecular complexity index is 410. The number of nitrogens with zero attached hydrogens (tertiary/aromatic N) is 2. The minimum absolute atomic E-state index is 0. The summed E-state index contributed by atoms with van der Waals surface area (Å²) < 4.78 is 10.5. The Balaban J connectivity index is 0.00000625.